The van der Waals surface area contributed by atoms with Gasteiger partial charge in [-0.15, -0.1) is 0 Å². The Labute approximate surface area is 120 Å². The zero-order valence-electron chi connectivity index (χ0n) is 9.50. The van der Waals surface area contributed by atoms with Crippen LogP contribution in [0.3, 0.4) is 0 Å². The first-order valence-electron chi connectivity index (χ1n) is 5.19. The Morgan fingerprint density at radius 2 is 2.11 bits per heavy atom. The summed E-state index contributed by atoms with van der Waals surface area (Å²) < 4.78 is 0.832. The maximum atomic E-state index is 11.7. The molecule has 1 amide bonds. The van der Waals surface area contributed by atoms with Crippen LogP contribution in [-0.4, -0.2) is 15.8 Å². The Morgan fingerprint density at radius 1 is 1.42 bits per heavy atom. The van der Waals surface area contributed by atoms with Crippen molar-refractivity contribution in [2.75, 3.05) is 5.32 Å². The van der Waals surface area contributed by atoms with E-state index in [4.69, 9.17) is 0 Å². The minimum Gasteiger partial charge on any atom is -0.302 e. The molecule has 0 aliphatic carbocycles. The summed E-state index contributed by atoms with van der Waals surface area (Å²) in [6, 6.07) is 5.89. The zero-order chi connectivity index (χ0) is 13.8. The number of amides is 1. The smallest absolute Gasteiger partial charge is 0.269 e. The number of non-ortho nitro benzene ring substituents is 1. The lowest BCUT2D eigenvalue weighted by atomic mass is 10.1. The van der Waals surface area contributed by atoms with Gasteiger partial charge in [-0.1, -0.05) is 23.5 Å². The lowest BCUT2D eigenvalue weighted by Crippen LogP contribution is -2.14. The minimum atomic E-state index is -0.475. The van der Waals surface area contributed by atoms with Gasteiger partial charge in [0.2, 0.25) is 5.91 Å². The summed E-state index contributed by atoms with van der Waals surface area (Å²) in [5.41, 5.74) is 0.715. The van der Waals surface area contributed by atoms with Gasteiger partial charge in [0.15, 0.2) is 5.13 Å². The molecule has 0 atom stereocenters. The molecule has 0 bridgehead atoms. The van der Waals surface area contributed by atoms with Crippen molar-refractivity contribution in [3.8, 4) is 0 Å². The molecule has 0 fully saturated rings. The number of anilines is 1. The van der Waals surface area contributed by atoms with Gasteiger partial charge in [-0.3, -0.25) is 14.9 Å². The Kier molecular flexibility index (Phi) is 4.23. The first-order chi connectivity index (χ1) is 9.04. The number of nitrogens with zero attached hydrogens (tertiary/aromatic N) is 2. The van der Waals surface area contributed by atoms with E-state index < -0.39 is 4.92 Å². The molecule has 2 aromatic rings. The average Bonchev–Trinajstić information content (AvgIpc) is 2.75. The van der Waals surface area contributed by atoms with Crippen LogP contribution in [0.25, 0.3) is 0 Å². The Bertz CT molecular complexity index is 612. The Hall–Kier alpha value is -1.80. The largest absolute Gasteiger partial charge is 0.302 e. The van der Waals surface area contributed by atoms with Crippen LogP contribution in [0.5, 0.6) is 0 Å². The highest BCUT2D eigenvalue weighted by Crippen LogP contribution is 2.23. The van der Waals surface area contributed by atoms with Gasteiger partial charge in [0.25, 0.3) is 5.69 Å². The summed E-state index contributed by atoms with van der Waals surface area (Å²) in [5.74, 6) is -0.212. The molecule has 6 nitrogen and oxygen atoms in total. The lowest BCUT2D eigenvalue weighted by molar-refractivity contribution is -0.384. The monoisotopic (exact) mass is 341 g/mol. The number of halogens is 1. The van der Waals surface area contributed by atoms with Gasteiger partial charge >= 0.3 is 0 Å². The molecule has 0 saturated heterocycles. The number of hydrogen-bond donors (Lipinski definition) is 1. The second-order valence-corrected chi connectivity index (χ2v) is 6.03. The van der Waals surface area contributed by atoms with Gasteiger partial charge in [-0.25, -0.2) is 4.98 Å². The molecule has 0 unspecified atom stereocenters. The van der Waals surface area contributed by atoms with Crippen molar-refractivity contribution in [3.63, 3.8) is 0 Å². The number of carbonyl (C=O) groups excluding carboxylic acids is 1. The summed E-state index contributed by atoms with van der Waals surface area (Å²) in [6.07, 6.45) is 1.75. The molecule has 19 heavy (non-hydrogen) atoms. The van der Waals surface area contributed by atoms with Crippen molar-refractivity contribution in [3.05, 3.63) is 49.9 Å². The Morgan fingerprint density at radius 3 is 2.63 bits per heavy atom. The van der Waals surface area contributed by atoms with E-state index in [-0.39, 0.29) is 18.0 Å². The highest BCUT2D eigenvalue weighted by Gasteiger charge is 2.09. The third-order valence-corrected chi connectivity index (χ3v) is 3.63. The lowest BCUT2D eigenvalue weighted by Gasteiger charge is -2.01. The molecule has 2 rings (SSSR count). The van der Waals surface area contributed by atoms with E-state index in [1.54, 1.807) is 18.3 Å². The first kappa shape index (κ1) is 13.6. The molecule has 1 aromatic carbocycles. The van der Waals surface area contributed by atoms with E-state index in [1.165, 1.54) is 23.5 Å². The molecule has 0 aliphatic heterocycles. The number of aromatic nitrogens is 1. The normalized spacial score (nSPS) is 10.2. The predicted molar refractivity (Wildman–Crippen MR) is 75.2 cm³/mol. The highest BCUT2D eigenvalue weighted by molar-refractivity contribution is 9.11. The Balaban J connectivity index is 1.97. The summed E-state index contributed by atoms with van der Waals surface area (Å²) >= 11 is 4.57. The van der Waals surface area contributed by atoms with Crippen LogP contribution in [0.2, 0.25) is 0 Å². The molecular formula is C11H8BrN3O3S. The zero-order valence-corrected chi connectivity index (χ0v) is 11.9. The van der Waals surface area contributed by atoms with Crippen LogP contribution in [0, 0.1) is 10.1 Å². The van der Waals surface area contributed by atoms with E-state index in [1.807, 2.05) is 0 Å². The maximum absolute atomic E-state index is 11.7. The number of thiazole rings is 1. The van der Waals surface area contributed by atoms with Crippen molar-refractivity contribution in [2.24, 2.45) is 0 Å². The van der Waals surface area contributed by atoms with Crippen LogP contribution in [0.1, 0.15) is 5.56 Å². The molecule has 1 heterocycles. The van der Waals surface area contributed by atoms with Gasteiger partial charge in [0.1, 0.15) is 0 Å². The van der Waals surface area contributed by atoms with Gasteiger partial charge in [-0.05, 0) is 21.5 Å². The fourth-order valence-electron chi connectivity index (χ4n) is 1.40. The number of carbonyl (C=O) groups is 1. The van der Waals surface area contributed by atoms with E-state index >= 15 is 0 Å². The van der Waals surface area contributed by atoms with Crippen molar-refractivity contribution in [1.82, 2.24) is 4.98 Å². The molecule has 98 valence electrons. The molecule has 0 spiro atoms. The van der Waals surface area contributed by atoms with Crippen molar-refractivity contribution in [2.45, 2.75) is 6.42 Å². The van der Waals surface area contributed by atoms with Gasteiger partial charge in [-0.2, -0.15) is 0 Å². The quantitative estimate of drug-likeness (QED) is 0.684. The van der Waals surface area contributed by atoms with Crippen molar-refractivity contribution < 1.29 is 9.72 Å². The number of benzene rings is 1. The number of rotatable bonds is 4. The molecule has 0 aliphatic rings. The van der Waals surface area contributed by atoms with E-state index in [2.05, 4.69) is 26.2 Å². The van der Waals surface area contributed by atoms with E-state index in [0.29, 0.717) is 10.7 Å². The highest BCUT2D eigenvalue weighted by atomic mass is 79.9. The summed E-state index contributed by atoms with van der Waals surface area (Å²) in [7, 11) is 0. The predicted octanol–water partition coefficient (Wildman–Crippen LogP) is 3.00. The van der Waals surface area contributed by atoms with Gasteiger partial charge in [0, 0.05) is 12.1 Å². The van der Waals surface area contributed by atoms with E-state index in [0.717, 1.165) is 3.79 Å². The molecule has 8 heteroatoms. The van der Waals surface area contributed by atoms with Crippen molar-refractivity contribution >= 4 is 44.0 Å². The molecule has 0 radical (unpaired) electrons. The fraction of sp³-hybridized carbons (Fsp3) is 0.0909. The number of hydrogen-bond acceptors (Lipinski definition) is 5. The summed E-state index contributed by atoms with van der Waals surface area (Å²) in [6.45, 7) is 0. The topological polar surface area (TPSA) is 85.1 Å². The van der Waals surface area contributed by atoms with Crippen LogP contribution >= 0.6 is 27.3 Å². The van der Waals surface area contributed by atoms with Crippen molar-refractivity contribution in [1.29, 1.82) is 0 Å². The van der Waals surface area contributed by atoms with Crippen LogP contribution in [-0.2, 0) is 11.2 Å². The van der Waals surface area contributed by atoms with Gasteiger partial charge < -0.3 is 5.32 Å². The third-order valence-electron chi connectivity index (χ3n) is 2.24. The first-order valence-corrected chi connectivity index (χ1v) is 6.80. The summed E-state index contributed by atoms with van der Waals surface area (Å²) in [4.78, 5) is 25.7. The van der Waals surface area contributed by atoms with E-state index in [9.17, 15) is 14.9 Å². The molecule has 1 N–H and O–H groups in total. The number of nitrogens with one attached hydrogen (secondary N) is 1. The second-order valence-electron chi connectivity index (χ2n) is 3.62. The standard InChI is InChI=1S/C11H8BrN3O3S/c12-9-6-13-11(19-9)14-10(16)5-7-1-3-8(4-2-7)15(17)18/h1-4,6H,5H2,(H,13,14,16). The SMILES string of the molecule is O=C(Cc1ccc([N+](=O)[O-])cc1)Nc1ncc(Br)s1. The molecular weight excluding hydrogens is 334 g/mol. The molecule has 1 aromatic heterocycles. The van der Waals surface area contributed by atoms with Gasteiger partial charge in [0.05, 0.1) is 21.3 Å². The second kappa shape index (κ2) is 5.89. The summed E-state index contributed by atoms with van der Waals surface area (Å²) in [5, 5.41) is 13.7. The van der Waals surface area contributed by atoms with Crippen LogP contribution in [0.15, 0.2) is 34.2 Å². The fourth-order valence-corrected chi connectivity index (χ4v) is 2.52. The van der Waals surface area contributed by atoms with Crippen LogP contribution in [0.4, 0.5) is 10.8 Å². The molecule has 0 saturated carbocycles. The average molecular weight is 342 g/mol. The number of nitro groups is 1. The number of nitro benzene ring substituents is 1. The minimum absolute atomic E-state index is 0.00742. The van der Waals surface area contributed by atoms with Crippen LogP contribution < -0.4 is 5.32 Å². The maximum Gasteiger partial charge on any atom is 0.269 e. The third kappa shape index (κ3) is 3.83.